The third kappa shape index (κ3) is 2.41. The van der Waals surface area contributed by atoms with Gasteiger partial charge in [0.15, 0.2) is 5.78 Å². The molecule has 76 valence electrons. The highest BCUT2D eigenvalue weighted by atomic mass is 79.9. The lowest BCUT2D eigenvalue weighted by molar-refractivity contribution is 0.0924. The number of benzene rings is 1. The average molecular weight is 258 g/mol. The number of hydrogen-bond donors (Lipinski definition) is 2. The van der Waals surface area contributed by atoms with Crippen molar-refractivity contribution in [3.63, 3.8) is 0 Å². The minimum absolute atomic E-state index is 0.230. The van der Waals surface area contributed by atoms with Crippen molar-refractivity contribution < 1.29 is 9.90 Å². The highest BCUT2D eigenvalue weighted by Gasteiger charge is 2.16. The van der Waals surface area contributed by atoms with Crippen molar-refractivity contribution in [3.05, 3.63) is 33.8 Å². The number of aliphatic hydroxyl groups excluding tert-OH is 1. The molecule has 0 radical (unpaired) electrons. The Morgan fingerprint density at radius 3 is 2.86 bits per heavy atom. The number of hydrogen-bond acceptors (Lipinski definition) is 3. The van der Waals surface area contributed by atoms with Gasteiger partial charge in [-0.3, -0.25) is 4.79 Å². The molecule has 1 aromatic carbocycles. The van der Waals surface area contributed by atoms with Crippen molar-refractivity contribution in [2.75, 3.05) is 6.61 Å². The Hall–Kier alpha value is -0.710. The smallest absolute Gasteiger partial charge is 0.182 e. The van der Waals surface area contributed by atoms with E-state index in [1.54, 1.807) is 6.07 Å². The third-order valence-corrected chi connectivity index (χ3v) is 2.49. The fourth-order valence-electron chi connectivity index (χ4n) is 1.14. The molecule has 0 aliphatic carbocycles. The first-order valence-electron chi connectivity index (χ1n) is 4.23. The second kappa shape index (κ2) is 4.68. The van der Waals surface area contributed by atoms with Crippen molar-refractivity contribution in [1.29, 1.82) is 0 Å². The van der Waals surface area contributed by atoms with E-state index < -0.39 is 6.04 Å². The number of halogens is 1. The average Bonchev–Trinajstić information content (AvgIpc) is 2.19. The molecule has 0 fully saturated rings. The van der Waals surface area contributed by atoms with Gasteiger partial charge in [0, 0.05) is 10.0 Å². The second-order valence-electron chi connectivity index (χ2n) is 3.11. The summed E-state index contributed by atoms with van der Waals surface area (Å²) >= 11 is 3.28. The summed E-state index contributed by atoms with van der Waals surface area (Å²) in [6.45, 7) is 1.51. The summed E-state index contributed by atoms with van der Waals surface area (Å²) in [6.07, 6.45) is 0. The maximum atomic E-state index is 11.6. The Kier molecular flexibility index (Phi) is 3.80. The van der Waals surface area contributed by atoms with Crippen LogP contribution >= 0.6 is 15.9 Å². The number of rotatable bonds is 3. The zero-order valence-corrected chi connectivity index (χ0v) is 9.41. The number of Topliss-reactive ketones (excluding diaryl/α,β-unsaturated/α-hetero) is 1. The zero-order chi connectivity index (χ0) is 10.7. The Morgan fingerprint density at radius 1 is 1.64 bits per heavy atom. The largest absolute Gasteiger partial charge is 0.394 e. The SMILES string of the molecule is Cc1ccc(Br)cc1C(=O)C(N)CO. The molecule has 1 unspecified atom stereocenters. The van der Waals surface area contributed by atoms with Gasteiger partial charge in [-0.2, -0.15) is 0 Å². The summed E-state index contributed by atoms with van der Waals surface area (Å²) in [5.74, 6) is -0.230. The Balaban J connectivity index is 3.06. The lowest BCUT2D eigenvalue weighted by atomic mass is 10.0. The lowest BCUT2D eigenvalue weighted by Crippen LogP contribution is -2.34. The predicted molar refractivity (Wildman–Crippen MR) is 58.3 cm³/mol. The summed E-state index contributed by atoms with van der Waals surface area (Å²) in [5, 5.41) is 8.77. The molecule has 0 aromatic heterocycles. The highest BCUT2D eigenvalue weighted by molar-refractivity contribution is 9.10. The van der Waals surface area contributed by atoms with Crippen LogP contribution in [0.1, 0.15) is 15.9 Å². The van der Waals surface area contributed by atoms with Gasteiger partial charge in [0.2, 0.25) is 0 Å². The van der Waals surface area contributed by atoms with E-state index in [1.165, 1.54) is 0 Å². The van der Waals surface area contributed by atoms with Crippen LogP contribution in [0.5, 0.6) is 0 Å². The highest BCUT2D eigenvalue weighted by Crippen LogP contribution is 2.17. The second-order valence-corrected chi connectivity index (χ2v) is 4.03. The van der Waals surface area contributed by atoms with Crippen LogP contribution in [0.25, 0.3) is 0 Å². The first kappa shape index (κ1) is 11.4. The van der Waals surface area contributed by atoms with Crippen LogP contribution in [0.3, 0.4) is 0 Å². The predicted octanol–water partition coefficient (Wildman–Crippen LogP) is 1.26. The first-order valence-corrected chi connectivity index (χ1v) is 5.02. The number of aliphatic hydroxyl groups is 1. The molecule has 0 aliphatic rings. The molecule has 3 nitrogen and oxygen atoms in total. The molecule has 4 heteroatoms. The molecule has 14 heavy (non-hydrogen) atoms. The van der Waals surface area contributed by atoms with Crippen LogP contribution in [-0.4, -0.2) is 23.5 Å². The van der Waals surface area contributed by atoms with E-state index in [0.717, 1.165) is 10.0 Å². The van der Waals surface area contributed by atoms with E-state index in [-0.39, 0.29) is 12.4 Å². The molecule has 0 saturated carbocycles. The van der Waals surface area contributed by atoms with E-state index in [0.29, 0.717) is 5.56 Å². The van der Waals surface area contributed by atoms with Gasteiger partial charge < -0.3 is 10.8 Å². The van der Waals surface area contributed by atoms with Crippen molar-refractivity contribution in [2.24, 2.45) is 5.73 Å². The van der Waals surface area contributed by atoms with Gasteiger partial charge in [-0.1, -0.05) is 22.0 Å². The molecule has 1 rings (SSSR count). The number of aryl methyl sites for hydroxylation is 1. The van der Waals surface area contributed by atoms with Crippen molar-refractivity contribution in [1.82, 2.24) is 0 Å². The Morgan fingerprint density at radius 2 is 2.29 bits per heavy atom. The van der Waals surface area contributed by atoms with Crippen LogP contribution in [0.15, 0.2) is 22.7 Å². The fourth-order valence-corrected chi connectivity index (χ4v) is 1.50. The topological polar surface area (TPSA) is 63.3 Å². The van der Waals surface area contributed by atoms with Gasteiger partial charge in [-0.15, -0.1) is 0 Å². The van der Waals surface area contributed by atoms with Crippen LogP contribution in [0, 0.1) is 6.92 Å². The van der Waals surface area contributed by atoms with E-state index in [1.807, 2.05) is 19.1 Å². The monoisotopic (exact) mass is 257 g/mol. The molecule has 1 atom stereocenters. The molecule has 0 bridgehead atoms. The lowest BCUT2D eigenvalue weighted by Gasteiger charge is -2.09. The molecule has 0 saturated heterocycles. The van der Waals surface area contributed by atoms with Crippen molar-refractivity contribution in [2.45, 2.75) is 13.0 Å². The van der Waals surface area contributed by atoms with Crippen molar-refractivity contribution in [3.8, 4) is 0 Å². The number of nitrogens with two attached hydrogens (primary N) is 1. The number of ketones is 1. The summed E-state index contributed by atoms with van der Waals surface area (Å²) < 4.78 is 0.830. The molecule has 0 spiro atoms. The molecular formula is C10H12BrNO2. The molecule has 3 N–H and O–H groups in total. The summed E-state index contributed by atoms with van der Waals surface area (Å²) in [6, 6.07) is 4.58. The standard InChI is InChI=1S/C10H12BrNO2/c1-6-2-3-7(11)4-8(6)10(14)9(12)5-13/h2-4,9,13H,5,12H2,1H3. The normalized spacial score (nSPS) is 12.6. The quantitative estimate of drug-likeness (QED) is 0.802. The van der Waals surface area contributed by atoms with Gasteiger partial charge in [-0.25, -0.2) is 0 Å². The van der Waals surface area contributed by atoms with E-state index in [9.17, 15) is 4.79 Å². The van der Waals surface area contributed by atoms with Crippen LogP contribution in [0.4, 0.5) is 0 Å². The van der Waals surface area contributed by atoms with Gasteiger partial charge in [0.05, 0.1) is 12.6 Å². The molecule has 0 heterocycles. The van der Waals surface area contributed by atoms with Crippen molar-refractivity contribution >= 4 is 21.7 Å². The van der Waals surface area contributed by atoms with Gasteiger partial charge in [0.25, 0.3) is 0 Å². The first-order chi connectivity index (χ1) is 6.56. The summed E-state index contributed by atoms with van der Waals surface area (Å²) in [4.78, 5) is 11.6. The van der Waals surface area contributed by atoms with Gasteiger partial charge >= 0.3 is 0 Å². The maximum absolute atomic E-state index is 11.6. The molecular weight excluding hydrogens is 246 g/mol. The number of carbonyl (C=O) groups is 1. The number of carbonyl (C=O) groups excluding carboxylic acids is 1. The minimum Gasteiger partial charge on any atom is -0.394 e. The van der Waals surface area contributed by atoms with Crippen LogP contribution < -0.4 is 5.73 Å². The van der Waals surface area contributed by atoms with E-state index in [2.05, 4.69) is 15.9 Å². The maximum Gasteiger partial charge on any atom is 0.182 e. The summed E-state index contributed by atoms with van der Waals surface area (Å²) in [5.41, 5.74) is 6.87. The molecule has 0 amide bonds. The third-order valence-electron chi connectivity index (χ3n) is 2.00. The Bertz CT molecular complexity index is 352. The van der Waals surface area contributed by atoms with E-state index in [4.69, 9.17) is 10.8 Å². The fraction of sp³-hybridized carbons (Fsp3) is 0.300. The van der Waals surface area contributed by atoms with Gasteiger partial charge in [-0.05, 0) is 24.6 Å². The van der Waals surface area contributed by atoms with Gasteiger partial charge in [0.1, 0.15) is 0 Å². The molecule has 1 aromatic rings. The van der Waals surface area contributed by atoms with Crippen LogP contribution in [-0.2, 0) is 0 Å². The van der Waals surface area contributed by atoms with E-state index >= 15 is 0 Å². The molecule has 0 aliphatic heterocycles. The van der Waals surface area contributed by atoms with Crippen LogP contribution in [0.2, 0.25) is 0 Å². The zero-order valence-electron chi connectivity index (χ0n) is 7.83. The minimum atomic E-state index is -0.831. The summed E-state index contributed by atoms with van der Waals surface area (Å²) in [7, 11) is 0. The Labute approximate surface area is 91.1 Å².